The van der Waals surface area contributed by atoms with Gasteiger partial charge >= 0.3 is 0 Å². The van der Waals surface area contributed by atoms with Crippen molar-refractivity contribution in [3.63, 3.8) is 0 Å². The fourth-order valence-electron chi connectivity index (χ4n) is 2.80. The highest BCUT2D eigenvalue weighted by atomic mass is 16.3. The Morgan fingerprint density at radius 3 is 2.31 bits per heavy atom. The van der Waals surface area contributed by atoms with Crippen molar-refractivity contribution in [2.45, 2.75) is 43.6 Å². The predicted octanol–water partition coefficient (Wildman–Crippen LogP) is 3.65. The van der Waals surface area contributed by atoms with Crippen molar-refractivity contribution >= 4 is 0 Å². The molecule has 1 aliphatic rings. The molecule has 16 heavy (non-hydrogen) atoms. The molecule has 0 heterocycles. The van der Waals surface area contributed by atoms with Crippen molar-refractivity contribution in [1.29, 1.82) is 0 Å². The first-order chi connectivity index (χ1) is 7.76. The maximum atomic E-state index is 10.7. The number of aliphatic hydroxyl groups is 1. The quantitative estimate of drug-likeness (QED) is 0.765. The maximum absolute atomic E-state index is 10.7. The van der Waals surface area contributed by atoms with Crippen molar-refractivity contribution in [2.24, 2.45) is 0 Å². The van der Waals surface area contributed by atoms with Gasteiger partial charge in [0.2, 0.25) is 0 Å². The zero-order chi connectivity index (χ0) is 11.4. The Kier molecular flexibility index (Phi) is 3.45. The second-order valence-electron chi connectivity index (χ2n) is 4.79. The minimum atomic E-state index is -0.568. The molecule has 1 fully saturated rings. The molecular formula is C15H20O. The van der Waals surface area contributed by atoms with Crippen LogP contribution in [0.4, 0.5) is 0 Å². The Morgan fingerprint density at radius 1 is 1.12 bits per heavy atom. The first kappa shape index (κ1) is 11.4. The molecular weight excluding hydrogens is 196 g/mol. The Bertz CT molecular complexity index is 336. The van der Waals surface area contributed by atoms with Crippen LogP contribution >= 0.6 is 0 Å². The highest BCUT2D eigenvalue weighted by molar-refractivity contribution is 5.27. The first-order valence-electron chi connectivity index (χ1n) is 6.16. The molecule has 1 unspecified atom stereocenters. The van der Waals surface area contributed by atoms with E-state index in [0.29, 0.717) is 0 Å². The van der Waals surface area contributed by atoms with Gasteiger partial charge in [-0.2, -0.15) is 0 Å². The van der Waals surface area contributed by atoms with Crippen LogP contribution in [-0.4, -0.2) is 10.7 Å². The van der Waals surface area contributed by atoms with Crippen LogP contribution in [0.1, 0.15) is 43.6 Å². The van der Waals surface area contributed by atoms with Gasteiger partial charge in [-0.3, -0.25) is 0 Å². The van der Waals surface area contributed by atoms with E-state index in [9.17, 15) is 5.11 Å². The molecule has 0 radical (unpaired) electrons. The van der Waals surface area contributed by atoms with Gasteiger partial charge in [-0.25, -0.2) is 0 Å². The van der Waals surface area contributed by atoms with Crippen LogP contribution in [0.5, 0.6) is 0 Å². The van der Waals surface area contributed by atoms with E-state index in [-0.39, 0.29) is 5.92 Å². The van der Waals surface area contributed by atoms with Gasteiger partial charge in [0.05, 0.1) is 5.60 Å². The summed E-state index contributed by atoms with van der Waals surface area (Å²) in [6.07, 6.45) is 7.22. The molecule has 1 nitrogen and oxygen atoms in total. The Hall–Kier alpha value is -1.08. The number of hydrogen-bond donors (Lipinski definition) is 1. The number of hydrogen-bond acceptors (Lipinski definition) is 1. The molecule has 0 spiro atoms. The van der Waals surface area contributed by atoms with Crippen molar-refractivity contribution in [3.8, 4) is 0 Å². The van der Waals surface area contributed by atoms with Crippen molar-refractivity contribution in [3.05, 3.63) is 48.6 Å². The SMILES string of the molecule is C=CC(c1ccccc1)C1(O)CCCCC1. The van der Waals surface area contributed by atoms with E-state index in [1.54, 1.807) is 0 Å². The van der Waals surface area contributed by atoms with E-state index < -0.39 is 5.60 Å². The third-order valence-electron chi connectivity index (χ3n) is 3.69. The van der Waals surface area contributed by atoms with Crippen LogP contribution in [0.2, 0.25) is 0 Å². The average molecular weight is 216 g/mol. The van der Waals surface area contributed by atoms with Gasteiger partial charge in [-0.1, -0.05) is 55.7 Å². The van der Waals surface area contributed by atoms with Gasteiger partial charge in [-0.15, -0.1) is 6.58 Å². The van der Waals surface area contributed by atoms with Crippen LogP contribution in [0.25, 0.3) is 0 Å². The Balaban J connectivity index is 2.25. The molecule has 1 aliphatic carbocycles. The molecule has 1 heteroatoms. The third kappa shape index (κ3) is 2.19. The van der Waals surface area contributed by atoms with Crippen LogP contribution in [0.15, 0.2) is 43.0 Å². The van der Waals surface area contributed by atoms with Crippen LogP contribution in [0, 0.1) is 0 Å². The molecule has 0 bridgehead atoms. The second kappa shape index (κ2) is 4.84. The van der Waals surface area contributed by atoms with Gasteiger partial charge in [0.15, 0.2) is 0 Å². The minimum absolute atomic E-state index is 0.0778. The Morgan fingerprint density at radius 2 is 1.75 bits per heavy atom. The summed E-state index contributed by atoms with van der Waals surface area (Å²) in [5, 5.41) is 10.7. The predicted molar refractivity (Wildman–Crippen MR) is 67.4 cm³/mol. The maximum Gasteiger partial charge on any atom is 0.0750 e. The summed E-state index contributed by atoms with van der Waals surface area (Å²) in [6, 6.07) is 10.2. The molecule has 0 saturated heterocycles. The van der Waals surface area contributed by atoms with E-state index in [4.69, 9.17) is 0 Å². The molecule has 1 aromatic rings. The summed E-state index contributed by atoms with van der Waals surface area (Å²) in [6.45, 7) is 3.90. The van der Waals surface area contributed by atoms with E-state index in [2.05, 4.69) is 18.7 Å². The summed E-state index contributed by atoms with van der Waals surface area (Å²) in [7, 11) is 0. The molecule has 0 aromatic heterocycles. The lowest BCUT2D eigenvalue weighted by Gasteiger charge is -2.38. The summed E-state index contributed by atoms with van der Waals surface area (Å²) >= 11 is 0. The molecule has 1 atom stereocenters. The fourth-order valence-corrected chi connectivity index (χ4v) is 2.80. The van der Waals surface area contributed by atoms with Gasteiger partial charge in [0.25, 0.3) is 0 Å². The molecule has 1 N–H and O–H groups in total. The molecule has 2 rings (SSSR count). The first-order valence-corrected chi connectivity index (χ1v) is 6.16. The average Bonchev–Trinajstić information content (AvgIpc) is 2.32. The summed E-state index contributed by atoms with van der Waals surface area (Å²) in [4.78, 5) is 0. The monoisotopic (exact) mass is 216 g/mol. The van der Waals surface area contributed by atoms with Gasteiger partial charge in [0.1, 0.15) is 0 Å². The Labute approximate surface area is 97.8 Å². The van der Waals surface area contributed by atoms with Crippen molar-refractivity contribution in [1.82, 2.24) is 0 Å². The minimum Gasteiger partial charge on any atom is -0.389 e. The zero-order valence-corrected chi connectivity index (χ0v) is 9.73. The smallest absolute Gasteiger partial charge is 0.0750 e. The van der Waals surface area contributed by atoms with Crippen LogP contribution < -0.4 is 0 Å². The topological polar surface area (TPSA) is 20.2 Å². The molecule has 1 aromatic carbocycles. The molecule has 0 aliphatic heterocycles. The van der Waals surface area contributed by atoms with E-state index in [0.717, 1.165) is 25.7 Å². The van der Waals surface area contributed by atoms with E-state index in [1.807, 2.05) is 24.3 Å². The highest BCUT2D eigenvalue weighted by Crippen LogP contribution is 2.40. The second-order valence-corrected chi connectivity index (χ2v) is 4.79. The van der Waals surface area contributed by atoms with Gasteiger partial charge in [0, 0.05) is 5.92 Å². The van der Waals surface area contributed by atoms with Crippen molar-refractivity contribution in [2.75, 3.05) is 0 Å². The standard InChI is InChI=1S/C15H20O/c1-2-14(13-9-5-3-6-10-13)15(16)11-7-4-8-12-15/h2-3,5-6,9-10,14,16H,1,4,7-8,11-12H2. The lowest BCUT2D eigenvalue weighted by atomic mass is 9.73. The molecule has 0 amide bonds. The number of benzene rings is 1. The summed E-state index contributed by atoms with van der Waals surface area (Å²) < 4.78 is 0. The molecule has 1 saturated carbocycles. The van der Waals surface area contributed by atoms with Crippen LogP contribution in [0.3, 0.4) is 0 Å². The lowest BCUT2D eigenvalue weighted by Crippen LogP contribution is -2.37. The number of rotatable bonds is 3. The van der Waals surface area contributed by atoms with Gasteiger partial charge in [-0.05, 0) is 18.4 Å². The molecule has 86 valence electrons. The van der Waals surface area contributed by atoms with E-state index in [1.165, 1.54) is 12.0 Å². The largest absolute Gasteiger partial charge is 0.389 e. The highest BCUT2D eigenvalue weighted by Gasteiger charge is 2.36. The fraction of sp³-hybridized carbons (Fsp3) is 0.467. The lowest BCUT2D eigenvalue weighted by molar-refractivity contribution is -0.00901. The van der Waals surface area contributed by atoms with Crippen LogP contribution in [-0.2, 0) is 0 Å². The summed E-state index contributed by atoms with van der Waals surface area (Å²) in [5.74, 6) is 0.0778. The zero-order valence-electron chi connectivity index (χ0n) is 9.73. The van der Waals surface area contributed by atoms with Gasteiger partial charge < -0.3 is 5.11 Å². The van der Waals surface area contributed by atoms with E-state index >= 15 is 0 Å². The third-order valence-corrected chi connectivity index (χ3v) is 3.69. The van der Waals surface area contributed by atoms with Crippen molar-refractivity contribution < 1.29 is 5.11 Å². The normalized spacial score (nSPS) is 21.3. The summed E-state index contributed by atoms with van der Waals surface area (Å²) in [5.41, 5.74) is 0.614.